The predicted molar refractivity (Wildman–Crippen MR) is 87.5 cm³/mol. The first-order valence-corrected chi connectivity index (χ1v) is 7.52. The van der Waals surface area contributed by atoms with Gasteiger partial charge in [-0.1, -0.05) is 25.8 Å². The molecule has 116 valence electrons. The van der Waals surface area contributed by atoms with Gasteiger partial charge in [-0.2, -0.15) is 0 Å². The number of hydrogen-bond acceptors (Lipinski definition) is 3. The van der Waals surface area contributed by atoms with Crippen LogP contribution in [0.2, 0.25) is 0 Å². The standard InChI is InChI=1S/C18H21NO3/c1-2-3-4-12-22-17-10-8-14(9-11-17)18(21)19-15-6-5-7-16(20)13-15/h5-11,13,20H,2-4,12H2,1H3,(H,19,21). The van der Waals surface area contributed by atoms with E-state index in [0.29, 0.717) is 17.9 Å². The topological polar surface area (TPSA) is 58.6 Å². The van der Waals surface area contributed by atoms with E-state index in [1.165, 1.54) is 6.07 Å². The van der Waals surface area contributed by atoms with Gasteiger partial charge in [0.25, 0.3) is 5.91 Å². The summed E-state index contributed by atoms with van der Waals surface area (Å²) in [6.07, 6.45) is 3.36. The van der Waals surface area contributed by atoms with Gasteiger partial charge in [0, 0.05) is 17.3 Å². The molecule has 0 fully saturated rings. The summed E-state index contributed by atoms with van der Waals surface area (Å²) in [4.78, 5) is 12.1. The molecule has 1 amide bonds. The van der Waals surface area contributed by atoms with Crippen molar-refractivity contribution in [2.24, 2.45) is 0 Å². The van der Waals surface area contributed by atoms with Gasteiger partial charge in [0.15, 0.2) is 0 Å². The van der Waals surface area contributed by atoms with E-state index in [1.807, 2.05) is 0 Å². The lowest BCUT2D eigenvalue weighted by molar-refractivity contribution is 0.102. The highest BCUT2D eigenvalue weighted by atomic mass is 16.5. The van der Waals surface area contributed by atoms with Gasteiger partial charge in [0.1, 0.15) is 11.5 Å². The fourth-order valence-corrected chi connectivity index (χ4v) is 2.03. The van der Waals surface area contributed by atoms with Crippen LogP contribution in [0.1, 0.15) is 36.5 Å². The quantitative estimate of drug-likeness (QED) is 0.753. The normalized spacial score (nSPS) is 10.2. The van der Waals surface area contributed by atoms with Gasteiger partial charge in [-0.3, -0.25) is 4.79 Å². The Hall–Kier alpha value is -2.49. The van der Waals surface area contributed by atoms with Crippen molar-refractivity contribution in [3.8, 4) is 11.5 Å². The molecule has 22 heavy (non-hydrogen) atoms. The van der Waals surface area contributed by atoms with Crippen LogP contribution < -0.4 is 10.1 Å². The molecule has 2 aromatic carbocycles. The van der Waals surface area contributed by atoms with Crippen LogP contribution >= 0.6 is 0 Å². The first-order chi connectivity index (χ1) is 10.7. The number of anilines is 1. The summed E-state index contributed by atoms with van der Waals surface area (Å²) < 4.78 is 5.61. The van der Waals surface area contributed by atoms with Gasteiger partial charge in [0.2, 0.25) is 0 Å². The molecule has 0 aliphatic rings. The molecule has 2 aromatic rings. The molecular weight excluding hydrogens is 278 g/mol. The van der Waals surface area contributed by atoms with Crippen LogP contribution in [0.3, 0.4) is 0 Å². The van der Waals surface area contributed by atoms with Crippen molar-refractivity contribution in [2.45, 2.75) is 26.2 Å². The number of benzene rings is 2. The van der Waals surface area contributed by atoms with Gasteiger partial charge in [0.05, 0.1) is 6.61 Å². The highest BCUT2D eigenvalue weighted by molar-refractivity contribution is 6.04. The number of ether oxygens (including phenoxy) is 1. The van der Waals surface area contributed by atoms with Gasteiger partial charge < -0.3 is 15.2 Å². The van der Waals surface area contributed by atoms with Gasteiger partial charge in [-0.25, -0.2) is 0 Å². The molecule has 0 aromatic heterocycles. The molecule has 0 saturated carbocycles. The number of unbranched alkanes of at least 4 members (excludes halogenated alkanes) is 2. The fraction of sp³-hybridized carbons (Fsp3) is 0.278. The Morgan fingerprint density at radius 1 is 1.14 bits per heavy atom. The van der Waals surface area contributed by atoms with Crippen molar-refractivity contribution >= 4 is 11.6 Å². The zero-order valence-corrected chi connectivity index (χ0v) is 12.7. The average molecular weight is 299 g/mol. The van der Waals surface area contributed by atoms with Crippen molar-refractivity contribution in [1.29, 1.82) is 0 Å². The number of aromatic hydroxyl groups is 1. The first-order valence-electron chi connectivity index (χ1n) is 7.52. The van der Waals surface area contributed by atoms with Crippen molar-refractivity contribution in [3.63, 3.8) is 0 Å². The monoisotopic (exact) mass is 299 g/mol. The van der Waals surface area contributed by atoms with E-state index in [1.54, 1.807) is 42.5 Å². The Kier molecular flexibility index (Phi) is 5.83. The maximum atomic E-state index is 12.1. The van der Waals surface area contributed by atoms with E-state index >= 15 is 0 Å². The van der Waals surface area contributed by atoms with Crippen LogP contribution in [-0.2, 0) is 0 Å². The molecular formula is C18H21NO3. The van der Waals surface area contributed by atoms with Crippen molar-refractivity contribution in [2.75, 3.05) is 11.9 Å². The highest BCUT2D eigenvalue weighted by Gasteiger charge is 2.06. The van der Waals surface area contributed by atoms with Crippen molar-refractivity contribution in [1.82, 2.24) is 0 Å². The molecule has 4 nitrogen and oxygen atoms in total. The van der Waals surface area contributed by atoms with E-state index in [9.17, 15) is 9.90 Å². The molecule has 0 unspecified atom stereocenters. The maximum absolute atomic E-state index is 12.1. The zero-order valence-electron chi connectivity index (χ0n) is 12.7. The molecule has 0 aliphatic heterocycles. The van der Waals surface area contributed by atoms with Crippen LogP contribution in [0.5, 0.6) is 11.5 Å². The summed E-state index contributed by atoms with van der Waals surface area (Å²) >= 11 is 0. The lowest BCUT2D eigenvalue weighted by Crippen LogP contribution is -2.11. The molecule has 0 spiro atoms. The maximum Gasteiger partial charge on any atom is 0.255 e. The Morgan fingerprint density at radius 2 is 1.91 bits per heavy atom. The minimum absolute atomic E-state index is 0.119. The number of nitrogens with one attached hydrogen (secondary N) is 1. The van der Waals surface area contributed by atoms with Crippen molar-refractivity contribution < 1.29 is 14.6 Å². The number of rotatable bonds is 7. The zero-order chi connectivity index (χ0) is 15.8. The molecule has 0 aliphatic carbocycles. The molecule has 0 radical (unpaired) electrons. The van der Waals surface area contributed by atoms with Gasteiger partial charge in [-0.15, -0.1) is 0 Å². The largest absolute Gasteiger partial charge is 0.508 e. The second-order valence-corrected chi connectivity index (χ2v) is 5.08. The Labute approximate surface area is 130 Å². The van der Waals surface area contributed by atoms with Gasteiger partial charge in [-0.05, 0) is 42.8 Å². The van der Waals surface area contributed by atoms with E-state index in [4.69, 9.17) is 4.74 Å². The highest BCUT2D eigenvalue weighted by Crippen LogP contribution is 2.18. The molecule has 2 rings (SSSR count). The Bertz CT molecular complexity index is 608. The Morgan fingerprint density at radius 3 is 2.59 bits per heavy atom. The smallest absolute Gasteiger partial charge is 0.255 e. The van der Waals surface area contributed by atoms with E-state index in [-0.39, 0.29) is 11.7 Å². The summed E-state index contributed by atoms with van der Waals surface area (Å²) in [6, 6.07) is 13.5. The molecule has 0 atom stereocenters. The van der Waals surface area contributed by atoms with E-state index < -0.39 is 0 Å². The van der Waals surface area contributed by atoms with E-state index in [2.05, 4.69) is 12.2 Å². The summed E-state index contributed by atoms with van der Waals surface area (Å²) in [6.45, 7) is 2.85. The average Bonchev–Trinajstić information content (AvgIpc) is 2.52. The first kappa shape index (κ1) is 15.9. The summed E-state index contributed by atoms with van der Waals surface area (Å²) in [5.41, 5.74) is 1.11. The van der Waals surface area contributed by atoms with E-state index in [0.717, 1.165) is 25.0 Å². The summed E-state index contributed by atoms with van der Waals surface area (Å²) in [5.74, 6) is 0.668. The Balaban J connectivity index is 1.90. The molecule has 0 bridgehead atoms. The van der Waals surface area contributed by atoms with Crippen LogP contribution in [0, 0.1) is 0 Å². The SMILES string of the molecule is CCCCCOc1ccc(C(=O)Nc2cccc(O)c2)cc1. The predicted octanol–water partition coefficient (Wildman–Crippen LogP) is 4.21. The van der Waals surface area contributed by atoms with Crippen LogP contribution in [-0.4, -0.2) is 17.6 Å². The van der Waals surface area contributed by atoms with Crippen LogP contribution in [0.15, 0.2) is 48.5 Å². The molecule has 0 saturated heterocycles. The minimum atomic E-state index is -0.219. The summed E-state index contributed by atoms with van der Waals surface area (Å²) in [7, 11) is 0. The number of amides is 1. The lowest BCUT2D eigenvalue weighted by atomic mass is 10.2. The van der Waals surface area contributed by atoms with Crippen LogP contribution in [0.25, 0.3) is 0 Å². The van der Waals surface area contributed by atoms with Gasteiger partial charge >= 0.3 is 0 Å². The number of hydrogen-bond donors (Lipinski definition) is 2. The third-order valence-electron chi connectivity index (χ3n) is 3.24. The number of phenols is 1. The second kappa shape index (κ2) is 8.08. The lowest BCUT2D eigenvalue weighted by Gasteiger charge is -2.08. The van der Waals surface area contributed by atoms with Crippen molar-refractivity contribution in [3.05, 3.63) is 54.1 Å². The number of carbonyl (C=O) groups excluding carboxylic acids is 1. The summed E-state index contributed by atoms with van der Waals surface area (Å²) in [5, 5.41) is 12.1. The second-order valence-electron chi connectivity index (χ2n) is 5.08. The molecule has 0 heterocycles. The number of carbonyl (C=O) groups is 1. The fourth-order valence-electron chi connectivity index (χ4n) is 2.03. The third-order valence-corrected chi connectivity index (χ3v) is 3.24. The number of phenolic OH excluding ortho intramolecular Hbond substituents is 1. The van der Waals surface area contributed by atoms with Crippen LogP contribution in [0.4, 0.5) is 5.69 Å². The third kappa shape index (κ3) is 4.81. The minimum Gasteiger partial charge on any atom is -0.508 e. The molecule has 2 N–H and O–H groups in total. The molecule has 4 heteroatoms.